The molecule has 0 bridgehead atoms. The number of carbonyl (C=O) groups is 1. The van der Waals surface area contributed by atoms with Crippen molar-refractivity contribution in [2.24, 2.45) is 5.92 Å². The van der Waals surface area contributed by atoms with Crippen LogP contribution >= 0.6 is 0 Å². The minimum absolute atomic E-state index is 0.0424. The van der Waals surface area contributed by atoms with Crippen molar-refractivity contribution in [3.05, 3.63) is 29.8 Å². The highest BCUT2D eigenvalue weighted by atomic mass is 16.5. The fraction of sp³-hybridized carbons (Fsp3) is 0.588. The van der Waals surface area contributed by atoms with E-state index in [0.29, 0.717) is 12.5 Å². The van der Waals surface area contributed by atoms with Crippen molar-refractivity contribution in [3.8, 4) is 5.75 Å². The third-order valence-corrected chi connectivity index (χ3v) is 4.04. The molecule has 1 amide bonds. The summed E-state index contributed by atoms with van der Waals surface area (Å²) >= 11 is 0. The van der Waals surface area contributed by atoms with Gasteiger partial charge in [0, 0.05) is 6.54 Å². The number of amides is 1. The SMILES string of the molecule is CCc1ccc(OCC(=O)NCC2CCCC(O)C2)cc1. The number of ether oxygens (including phenoxy) is 1. The van der Waals surface area contributed by atoms with E-state index in [2.05, 4.69) is 12.2 Å². The third kappa shape index (κ3) is 5.38. The summed E-state index contributed by atoms with van der Waals surface area (Å²) in [7, 11) is 0. The highest BCUT2D eigenvalue weighted by molar-refractivity contribution is 5.77. The predicted octanol–water partition coefficient (Wildman–Crippen LogP) is 2.30. The van der Waals surface area contributed by atoms with Crippen LogP contribution in [0.3, 0.4) is 0 Å². The van der Waals surface area contributed by atoms with Crippen molar-refractivity contribution in [1.82, 2.24) is 5.32 Å². The second kappa shape index (κ2) is 8.03. The summed E-state index contributed by atoms with van der Waals surface area (Å²) < 4.78 is 5.47. The van der Waals surface area contributed by atoms with Crippen LogP contribution in [0, 0.1) is 5.92 Å². The molecule has 2 N–H and O–H groups in total. The van der Waals surface area contributed by atoms with Gasteiger partial charge >= 0.3 is 0 Å². The Morgan fingerprint density at radius 2 is 2.10 bits per heavy atom. The zero-order chi connectivity index (χ0) is 15.1. The van der Waals surface area contributed by atoms with Crippen molar-refractivity contribution in [1.29, 1.82) is 0 Å². The highest BCUT2D eigenvalue weighted by Gasteiger charge is 2.20. The molecule has 0 aliphatic heterocycles. The Hall–Kier alpha value is -1.55. The summed E-state index contributed by atoms with van der Waals surface area (Å²) in [6, 6.07) is 7.81. The molecule has 0 radical (unpaired) electrons. The lowest BCUT2D eigenvalue weighted by molar-refractivity contribution is -0.123. The number of aryl methyl sites for hydroxylation is 1. The molecule has 1 saturated carbocycles. The normalized spacial score (nSPS) is 21.8. The maximum Gasteiger partial charge on any atom is 0.257 e. The maximum absolute atomic E-state index is 11.8. The third-order valence-electron chi connectivity index (χ3n) is 4.04. The van der Waals surface area contributed by atoms with Gasteiger partial charge in [-0.3, -0.25) is 4.79 Å². The predicted molar refractivity (Wildman–Crippen MR) is 82.3 cm³/mol. The largest absolute Gasteiger partial charge is 0.484 e. The fourth-order valence-corrected chi connectivity index (χ4v) is 2.73. The van der Waals surface area contributed by atoms with E-state index < -0.39 is 0 Å². The summed E-state index contributed by atoms with van der Waals surface area (Å²) in [5.41, 5.74) is 1.25. The second-order valence-corrected chi connectivity index (χ2v) is 5.78. The number of hydrogen-bond acceptors (Lipinski definition) is 3. The molecule has 2 unspecified atom stereocenters. The Labute approximate surface area is 126 Å². The number of benzene rings is 1. The van der Waals surface area contributed by atoms with Gasteiger partial charge in [-0.2, -0.15) is 0 Å². The molecule has 1 aromatic carbocycles. The smallest absolute Gasteiger partial charge is 0.257 e. The fourth-order valence-electron chi connectivity index (χ4n) is 2.73. The van der Waals surface area contributed by atoms with Crippen LogP contribution in [-0.4, -0.2) is 30.3 Å². The number of hydrogen-bond donors (Lipinski definition) is 2. The van der Waals surface area contributed by atoms with Gasteiger partial charge in [0.05, 0.1) is 6.10 Å². The quantitative estimate of drug-likeness (QED) is 0.845. The van der Waals surface area contributed by atoms with Gasteiger partial charge < -0.3 is 15.2 Å². The lowest BCUT2D eigenvalue weighted by atomic mass is 9.87. The van der Waals surface area contributed by atoms with Gasteiger partial charge in [0.2, 0.25) is 0 Å². The summed E-state index contributed by atoms with van der Waals surface area (Å²) in [6.45, 7) is 2.78. The van der Waals surface area contributed by atoms with Gasteiger partial charge in [0.25, 0.3) is 5.91 Å². The maximum atomic E-state index is 11.8. The van der Waals surface area contributed by atoms with E-state index in [0.717, 1.165) is 37.9 Å². The zero-order valence-electron chi connectivity index (χ0n) is 12.7. The van der Waals surface area contributed by atoms with Crippen LogP contribution in [0.1, 0.15) is 38.2 Å². The monoisotopic (exact) mass is 291 g/mol. The molecule has 0 aromatic heterocycles. The van der Waals surface area contributed by atoms with E-state index >= 15 is 0 Å². The minimum Gasteiger partial charge on any atom is -0.484 e. The van der Waals surface area contributed by atoms with Crippen LogP contribution in [0.2, 0.25) is 0 Å². The first-order valence-corrected chi connectivity index (χ1v) is 7.84. The van der Waals surface area contributed by atoms with Gasteiger partial charge in [-0.15, -0.1) is 0 Å². The molecule has 2 atom stereocenters. The number of aliphatic hydroxyl groups is 1. The summed E-state index contributed by atoms with van der Waals surface area (Å²) in [4.78, 5) is 11.8. The van der Waals surface area contributed by atoms with Crippen molar-refractivity contribution in [2.75, 3.05) is 13.2 Å². The number of rotatable bonds is 6. The number of aliphatic hydroxyl groups excluding tert-OH is 1. The molecule has 0 saturated heterocycles. The molecule has 4 heteroatoms. The van der Waals surface area contributed by atoms with Gasteiger partial charge in [-0.1, -0.05) is 25.5 Å². The van der Waals surface area contributed by atoms with E-state index in [4.69, 9.17) is 4.74 Å². The van der Waals surface area contributed by atoms with Crippen LogP contribution in [0.15, 0.2) is 24.3 Å². The second-order valence-electron chi connectivity index (χ2n) is 5.78. The first kappa shape index (κ1) is 15.8. The van der Waals surface area contributed by atoms with Crippen molar-refractivity contribution in [3.63, 3.8) is 0 Å². The Bertz CT molecular complexity index is 444. The van der Waals surface area contributed by atoms with Gasteiger partial charge in [0.1, 0.15) is 5.75 Å². The Balaban J connectivity index is 1.67. The molecule has 1 aliphatic carbocycles. The van der Waals surface area contributed by atoms with Crippen LogP contribution in [-0.2, 0) is 11.2 Å². The topological polar surface area (TPSA) is 58.6 Å². The van der Waals surface area contributed by atoms with Crippen molar-refractivity contribution >= 4 is 5.91 Å². The van der Waals surface area contributed by atoms with E-state index in [1.165, 1.54) is 5.56 Å². The van der Waals surface area contributed by atoms with Crippen molar-refractivity contribution in [2.45, 2.75) is 45.1 Å². The van der Waals surface area contributed by atoms with E-state index in [-0.39, 0.29) is 18.6 Å². The molecule has 21 heavy (non-hydrogen) atoms. The van der Waals surface area contributed by atoms with Gasteiger partial charge in [-0.05, 0) is 49.3 Å². The van der Waals surface area contributed by atoms with Crippen LogP contribution in [0.5, 0.6) is 5.75 Å². The first-order chi connectivity index (χ1) is 10.2. The molecule has 4 nitrogen and oxygen atoms in total. The molecule has 2 rings (SSSR count). The molecule has 1 aliphatic rings. The molecule has 116 valence electrons. The number of carbonyl (C=O) groups excluding carboxylic acids is 1. The van der Waals surface area contributed by atoms with Crippen LogP contribution in [0.25, 0.3) is 0 Å². The molecular weight excluding hydrogens is 266 g/mol. The lowest BCUT2D eigenvalue weighted by Gasteiger charge is -2.25. The van der Waals surface area contributed by atoms with Gasteiger partial charge in [-0.25, -0.2) is 0 Å². The lowest BCUT2D eigenvalue weighted by Crippen LogP contribution is -2.35. The Morgan fingerprint density at radius 3 is 2.76 bits per heavy atom. The van der Waals surface area contributed by atoms with E-state index in [9.17, 15) is 9.90 Å². The standard InChI is InChI=1S/C17H25NO3/c1-2-13-6-8-16(9-7-13)21-12-17(20)18-11-14-4-3-5-15(19)10-14/h6-9,14-15,19H,2-5,10-12H2,1H3,(H,18,20). The van der Waals surface area contributed by atoms with Gasteiger partial charge in [0.15, 0.2) is 6.61 Å². The van der Waals surface area contributed by atoms with E-state index in [1.54, 1.807) is 0 Å². The molecule has 0 spiro atoms. The first-order valence-electron chi connectivity index (χ1n) is 7.84. The highest BCUT2D eigenvalue weighted by Crippen LogP contribution is 2.23. The van der Waals surface area contributed by atoms with Crippen LogP contribution in [0.4, 0.5) is 0 Å². The summed E-state index contributed by atoms with van der Waals surface area (Å²) in [6.07, 6.45) is 4.60. The van der Waals surface area contributed by atoms with Crippen LogP contribution < -0.4 is 10.1 Å². The zero-order valence-corrected chi connectivity index (χ0v) is 12.7. The Kier molecular flexibility index (Phi) is 6.05. The molecule has 0 heterocycles. The number of nitrogens with one attached hydrogen (secondary N) is 1. The molecule has 1 fully saturated rings. The average Bonchev–Trinajstić information content (AvgIpc) is 2.51. The average molecular weight is 291 g/mol. The minimum atomic E-state index is -0.200. The molecular formula is C17H25NO3. The summed E-state index contributed by atoms with van der Waals surface area (Å²) in [5, 5.41) is 12.5. The van der Waals surface area contributed by atoms with E-state index in [1.807, 2.05) is 24.3 Å². The Morgan fingerprint density at radius 1 is 1.33 bits per heavy atom. The molecule has 1 aromatic rings. The summed E-state index contributed by atoms with van der Waals surface area (Å²) in [5.74, 6) is 1.01. The van der Waals surface area contributed by atoms with Crippen molar-refractivity contribution < 1.29 is 14.6 Å².